The van der Waals surface area contributed by atoms with Crippen molar-refractivity contribution in [2.24, 2.45) is 0 Å². The van der Waals surface area contributed by atoms with E-state index < -0.39 is 0 Å². The maximum atomic E-state index is 9.30. The molecule has 0 bridgehead atoms. The summed E-state index contributed by atoms with van der Waals surface area (Å²) in [6.45, 7) is 8.61. The number of rotatable bonds is 11. The maximum absolute atomic E-state index is 9.30. The molecule has 8 heteroatoms. The Morgan fingerprint density at radius 1 is 0.718 bits per heavy atom. The molecule has 0 amide bonds. The highest BCUT2D eigenvalue weighted by molar-refractivity contribution is 5.85. The van der Waals surface area contributed by atoms with Gasteiger partial charge in [-0.15, -0.1) is 12.4 Å². The summed E-state index contributed by atoms with van der Waals surface area (Å²) in [5.74, 6) is 2.10. The highest BCUT2D eigenvalue weighted by Crippen LogP contribution is 2.22. The van der Waals surface area contributed by atoms with E-state index in [1.54, 1.807) is 42.5 Å². The number of aromatic hydroxyl groups is 3. The highest BCUT2D eigenvalue weighted by Gasteiger charge is 2.09. The minimum Gasteiger partial charge on any atom is -0.508 e. The lowest BCUT2D eigenvalue weighted by Crippen LogP contribution is -2.37. The van der Waals surface area contributed by atoms with Gasteiger partial charge in [-0.25, -0.2) is 0 Å². The van der Waals surface area contributed by atoms with Gasteiger partial charge in [-0.1, -0.05) is 37.6 Å². The second-order valence-electron chi connectivity index (χ2n) is 9.04. The van der Waals surface area contributed by atoms with Crippen molar-refractivity contribution in [3.8, 4) is 28.7 Å². The first-order chi connectivity index (χ1) is 18.5. The van der Waals surface area contributed by atoms with Gasteiger partial charge in [-0.3, -0.25) is 4.90 Å². The zero-order valence-electron chi connectivity index (χ0n) is 22.5. The number of hydrogen-bond donors (Lipinski definition) is 3. The summed E-state index contributed by atoms with van der Waals surface area (Å²) >= 11 is 0. The number of benzene rings is 3. The minimum atomic E-state index is 0. The van der Waals surface area contributed by atoms with Crippen molar-refractivity contribution in [1.29, 1.82) is 0 Å². The van der Waals surface area contributed by atoms with E-state index in [1.807, 2.05) is 30.3 Å². The Morgan fingerprint density at radius 2 is 1.26 bits per heavy atom. The van der Waals surface area contributed by atoms with Crippen molar-refractivity contribution in [3.05, 3.63) is 77.9 Å². The SMILES string of the molecule is CCCCOc1ccc(OCCCN2CCOCC2)cc1.Cl.Oc1ccc(C=Cc2cc(O)cc(O)c2)cc1. The monoisotopic (exact) mass is 557 g/mol. The highest BCUT2D eigenvalue weighted by atomic mass is 35.5. The summed E-state index contributed by atoms with van der Waals surface area (Å²) in [4.78, 5) is 2.43. The molecule has 3 aromatic carbocycles. The summed E-state index contributed by atoms with van der Waals surface area (Å²) in [7, 11) is 0. The van der Waals surface area contributed by atoms with E-state index in [-0.39, 0.29) is 29.7 Å². The molecule has 1 aliphatic rings. The predicted molar refractivity (Wildman–Crippen MR) is 158 cm³/mol. The molecule has 1 aliphatic heterocycles. The number of halogens is 1. The molecule has 39 heavy (non-hydrogen) atoms. The third-order valence-corrected chi connectivity index (χ3v) is 5.87. The van der Waals surface area contributed by atoms with Crippen LogP contribution in [0.4, 0.5) is 0 Å². The van der Waals surface area contributed by atoms with Gasteiger partial charge < -0.3 is 29.5 Å². The third kappa shape index (κ3) is 12.8. The molecule has 4 rings (SSSR count). The lowest BCUT2D eigenvalue weighted by molar-refractivity contribution is 0.0358. The zero-order valence-corrected chi connectivity index (χ0v) is 23.3. The number of ether oxygens (including phenoxy) is 3. The lowest BCUT2D eigenvalue weighted by atomic mass is 10.1. The van der Waals surface area contributed by atoms with Gasteiger partial charge in [0.1, 0.15) is 28.7 Å². The first-order valence-corrected chi connectivity index (χ1v) is 13.2. The minimum absolute atomic E-state index is 0. The molecule has 0 saturated carbocycles. The van der Waals surface area contributed by atoms with Gasteiger partial charge in [0.25, 0.3) is 0 Å². The van der Waals surface area contributed by atoms with Crippen molar-refractivity contribution >= 4 is 24.6 Å². The van der Waals surface area contributed by atoms with Crippen LogP contribution in [0, 0.1) is 0 Å². The summed E-state index contributed by atoms with van der Waals surface area (Å²) in [6, 6.07) is 19.0. The van der Waals surface area contributed by atoms with Crippen molar-refractivity contribution in [2.45, 2.75) is 26.2 Å². The molecule has 0 atom stereocenters. The number of nitrogens with zero attached hydrogens (tertiary/aromatic N) is 1. The second-order valence-corrected chi connectivity index (χ2v) is 9.04. The fourth-order valence-corrected chi connectivity index (χ4v) is 3.76. The van der Waals surface area contributed by atoms with Crippen LogP contribution in [0.3, 0.4) is 0 Å². The van der Waals surface area contributed by atoms with Gasteiger partial charge in [-0.2, -0.15) is 0 Å². The van der Waals surface area contributed by atoms with Crippen molar-refractivity contribution < 1.29 is 29.5 Å². The van der Waals surface area contributed by atoms with Gasteiger partial charge in [0.05, 0.1) is 26.4 Å². The fraction of sp³-hybridized carbons (Fsp3) is 0.355. The second kappa shape index (κ2) is 18.0. The standard InChI is InChI=1S/C17H27NO3.C14H12O3.ClH/c1-2-3-12-20-16-5-7-17(8-6-16)21-13-4-9-18-10-14-19-15-11-18;15-12-5-3-10(4-6-12)1-2-11-7-13(16)9-14(17)8-11;/h5-8H,2-4,9-15H2,1H3;1-9,15-17H;1H. The molecule has 1 saturated heterocycles. The van der Waals surface area contributed by atoms with Crippen LogP contribution in [-0.2, 0) is 4.74 Å². The quantitative estimate of drug-likeness (QED) is 0.186. The van der Waals surface area contributed by atoms with E-state index in [0.29, 0.717) is 5.56 Å². The molecular formula is C31H40ClNO6. The summed E-state index contributed by atoms with van der Waals surface area (Å²) < 4.78 is 16.7. The number of morpholine rings is 1. The first kappa shape index (κ1) is 31.8. The van der Waals surface area contributed by atoms with Crippen molar-refractivity contribution in [2.75, 3.05) is 46.1 Å². The number of unbranched alkanes of at least 4 members (excludes halogenated alkanes) is 1. The van der Waals surface area contributed by atoms with Crippen LogP contribution in [0.15, 0.2) is 66.7 Å². The average Bonchev–Trinajstić information content (AvgIpc) is 2.92. The molecule has 0 spiro atoms. The summed E-state index contributed by atoms with van der Waals surface area (Å²) in [6.07, 6.45) is 6.90. The molecule has 3 aromatic rings. The topological polar surface area (TPSA) is 91.6 Å². The average molecular weight is 558 g/mol. The maximum Gasteiger partial charge on any atom is 0.119 e. The van der Waals surface area contributed by atoms with E-state index in [9.17, 15) is 10.2 Å². The number of phenols is 3. The fourth-order valence-electron chi connectivity index (χ4n) is 3.76. The molecular weight excluding hydrogens is 518 g/mol. The van der Waals surface area contributed by atoms with Crippen LogP contribution in [0.5, 0.6) is 28.7 Å². The van der Waals surface area contributed by atoms with Gasteiger partial charge in [0, 0.05) is 25.7 Å². The molecule has 0 radical (unpaired) electrons. The third-order valence-electron chi connectivity index (χ3n) is 5.87. The first-order valence-electron chi connectivity index (χ1n) is 13.2. The van der Waals surface area contributed by atoms with Gasteiger partial charge in [0.15, 0.2) is 0 Å². The Hall–Kier alpha value is -3.39. The van der Waals surface area contributed by atoms with Gasteiger partial charge >= 0.3 is 0 Å². The van der Waals surface area contributed by atoms with E-state index in [1.165, 1.54) is 6.07 Å². The summed E-state index contributed by atoms with van der Waals surface area (Å²) in [5, 5.41) is 27.7. The molecule has 1 heterocycles. The molecule has 7 nitrogen and oxygen atoms in total. The summed E-state index contributed by atoms with van der Waals surface area (Å²) in [5.41, 5.74) is 1.63. The molecule has 0 unspecified atom stereocenters. The lowest BCUT2D eigenvalue weighted by Gasteiger charge is -2.26. The van der Waals surface area contributed by atoms with E-state index >= 15 is 0 Å². The Morgan fingerprint density at radius 3 is 1.82 bits per heavy atom. The van der Waals surface area contributed by atoms with Crippen molar-refractivity contribution in [1.82, 2.24) is 4.90 Å². The largest absolute Gasteiger partial charge is 0.508 e. The van der Waals surface area contributed by atoms with Crippen LogP contribution >= 0.6 is 12.4 Å². The molecule has 0 aliphatic carbocycles. The van der Waals surface area contributed by atoms with E-state index in [0.717, 1.165) is 82.4 Å². The number of phenolic OH excluding ortho intramolecular Hbond substituents is 3. The Labute approximate surface area is 237 Å². The van der Waals surface area contributed by atoms with Crippen LogP contribution in [0.2, 0.25) is 0 Å². The van der Waals surface area contributed by atoms with Crippen LogP contribution in [-0.4, -0.2) is 66.3 Å². The smallest absolute Gasteiger partial charge is 0.119 e. The normalized spacial score (nSPS) is 13.3. The van der Waals surface area contributed by atoms with Gasteiger partial charge in [0.2, 0.25) is 0 Å². The van der Waals surface area contributed by atoms with Crippen LogP contribution in [0.1, 0.15) is 37.3 Å². The Bertz CT molecular complexity index is 1080. The molecule has 1 fully saturated rings. The van der Waals surface area contributed by atoms with E-state index in [2.05, 4.69) is 11.8 Å². The van der Waals surface area contributed by atoms with E-state index in [4.69, 9.17) is 19.3 Å². The van der Waals surface area contributed by atoms with Crippen molar-refractivity contribution in [3.63, 3.8) is 0 Å². The molecule has 0 aromatic heterocycles. The van der Waals surface area contributed by atoms with Crippen LogP contribution in [0.25, 0.3) is 12.2 Å². The van der Waals surface area contributed by atoms with Crippen LogP contribution < -0.4 is 9.47 Å². The number of hydrogen-bond acceptors (Lipinski definition) is 7. The Kier molecular flexibility index (Phi) is 14.7. The molecule has 212 valence electrons. The van der Waals surface area contributed by atoms with Gasteiger partial charge in [-0.05, 0) is 72.5 Å². The zero-order chi connectivity index (χ0) is 27.0. The Balaban J connectivity index is 0.000000272. The molecule has 3 N–H and O–H groups in total. The predicted octanol–water partition coefficient (Wildman–Crippen LogP) is 6.36.